The van der Waals surface area contributed by atoms with E-state index in [4.69, 9.17) is 5.11 Å². The highest BCUT2D eigenvalue weighted by Crippen LogP contribution is 2.32. The molecule has 4 heteroatoms. The zero-order valence-electron chi connectivity index (χ0n) is 10.5. The van der Waals surface area contributed by atoms with Crippen LogP contribution in [0.3, 0.4) is 0 Å². The number of hydrogen-bond donors (Lipinski definition) is 1. The second-order valence-electron chi connectivity index (χ2n) is 5.35. The second kappa shape index (κ2) is 4.28. The van der Waals surface area contributed by atoms with E-state index in [9.17, 15) is 4.79 Å². The summed E-state index contributed by atoms with van der Waals surface area (Å²) in [5, 5.41) is 9.07. The predicted octanol–water partition coefficient (Wildman–Crippen LogP) is 1.93. The molecule has 1 aromatic carbocycles. The number of piperazine rings is 1. The monoisotopic (exact) mass is 246 g/mol. The number of aryl methyl sites for hydroxylation is 1. The Kier molecular flexibility index (Phi) is 2.74. The summed E-state index contributed by atoms with van der Waals surface area (Å²) in [6.45, 7) is 4.81. The van der Waals surface area contributed by atoms with Gasteiger partial charge in [0, 0.05) is 19.6 Å². The highest BCUT2D eigenvalue weighted by molar-refractivity contribution is 5.67. The van der Waals surface area contributed by atoms with Crippen LogP contribution in [0.2, 0.25) is 0 Å². The Morgan fingerprint density at radius 2 is 2.00 bits per heavy atom. The van der Waals surface area contributed by atoms with Crippen LogP contribution in [-0.2, 0) is 6.54 Å². The second-order valence-corrected chi connectivity index (χ2v) is 5.35. The van der Waals surface area contributed by atoms with Gasteiger partial charge in [0.05, 0.1) is 12.1 Å². The number of benzene rings is 1. The van der Waals surface area contributed by atoms with Crippen LogP contribution in [0.15, 0.2) is 24.3 Å². The molecule has 2 unspecified atom stereocenters. The lowest BCUT2D eigenvalue weighted by atomic mass is 9.87. The summed E-state index contributed by atoms with van der Waals surface area (Å²) in [6, 6.07) is 8.83. The molecule has 4 rings (SSSR count). The highest BCUT2D eigenvalue weighted by atomic mass is 16.4. The molecular formula is C14H18N2O2. The van der Waals surface area contributed by atoms with Crippen LogP contribution in [0, 0.1) is 6.92 Å². The van der Waals surface area contributed by atoms with Crippen molar-refractivity contribution < 1.29 is 9.90 Å². The first kappa shape index (κ1) is 11.5. The molecule has 1 N–H and O–H groups in total. The number of carboxylic acid groups (broad SMARTS) is 1. The van der Waals surface area contributed by atoms with Crippen LogP contribution in [0.25, 0.3) is 0 Å². The summed E-state index contributed by atoms with van der Waals surface area (Å²) in [5.74, 6) is 0. The molecule has 96 valence electrons. The zero-order valence-corrected chi connectivity index (χ0v) is 10.5. The molecule has 0 saturated carbocycles. The normalized spacial score (nSPS) is 26.8. The molecule has 3 heterocycles. The standard InChI is InChI=1S/C14H18N2O2/c1-10-4-2-3-5-11(10)7-15-8-12-6-13(9-15)16(12)14(17)18/h2-5,12-13H,6-9H2,1H3,(H,17,18). The van der Waals surface area contributed by atoms with Crippen molar-refractivity contribution in [2.24, 2.45) is 0 Å². The third kappa shape index (κ3) is 1.86. The van der Waals surface area contributed by atoms with E-state index in [2.05, 4.69) is 36.1 Å². The Balaban J connectivity index is 1.65. The van der Waals surface area contributed by atoms with Gasteiger partial charge in [-0.1, -0.05) is 24.3 Å². The molecule has 3 aliphatic heterocycles. The Morgan fingerprint density at radius 1 is 1.33 bits per heavy atom. The molecule has 1 aromatic rings. The van der Waals surface area contributed by atoms with Gasteiger partial charge in [-0.15, -0.1) is 0 Å². The van der Waals surface area contributed by atoms with E-state index < -0.39 is 6.09 Å². The summed E-state index contributed by atoms with van der Waals surface area (Å²) in [6.07, 6.45) is 0.281. The summed E-state index contributed by atoms with van der Waals surface area (Å²) >= 11 is 0. The average Bonchev–Trinajstić information content (AvgIpc) is 2.31. The molecule has 0 radical (unpaired) electrons. The molecule has 2 bridgehead atoms. The molecule has 4 nitrogen and oxygen atoms in total. The van der Waals surface area contributed by atoms with E-state index in [1.165, 1.54) is 11.1 Å². The number of amides is 1. The van der Waals surface area contributed by atoms with E-state index in [0.29, 0.717) is 0 Å². The lowest BCUT2D eigenvalue weighted by Crippen LogP contribution is -2.69. The van der Waals surface area contributed by atoms with Crippen molar-refractivity contribution in [2.45, 2.75) is 32.0 Å². The predicted molar refractivity (Wildman–Crippen MR) is 68.5 cm³/mol. The quantitative estimate of drug-likeness (QED) is 0.867. The fourth-order valence-corrected chi connectivity index (χ4v) is 3.17. The SMILES string of the molecule is Cc1ccccc1CN1CC2CC(C1)N2C(=O)O. The minimum Gasteiger partial charge on any atom is -0.465 e. The summed E-state index contributed by atoms with van der Waals surface area (Å²) < 4.78 is 0. The Bertz CT molecular complexity index is 463. The Morgan fingerprint density at radius 3 is 2.61 bits per heavy atom. The van der Waals surface area contributed by atoms with Gasteiger partial charge in [-0.3, -0.25) is 9.80 Å². The van der Waals surface area contributed by atoms with Crippen LogP contribution in [0.1, 0.15) is 17.5 Å². The van der Waals surface area contributed by atoms with Gasteiger partial charge >= 0.3 is 6.09 Å². The number of fused-ring (bicyclic) bond motifs is 2. The first-order chi connectivity index (χ1) is 8.65. The number of carbonyl (C=O) groups is 1. The van der Waals surface area contributed by atoms with Gasteiger partial charge in [-0.2, -0.15) is 0 Å². The maximum atomic E-state index is 11.0. The van der Waals surface area contributed by atoms with Gasteiger partial charge in [-0.05, 0) is 24.5 Å². The van der Waals surface area contributed by atoms with Crippen molar-refractivity contribution in [1.29, 1.82) is 0 Å². The van der Waals surface area contributed by atoms with E-state index in [1.807, 2.05) is 0 Å². The third-order valence-corrected chi connectivity index (χ3v) is 4.14. The van der Waals surface area contributed by atoms with Gasteiger partial charge in [0.1, 0.15) is 0 Å². The van der Waals surface area contributed by atoms with Crippen molar-refractivity contribution in [3.05, 3.63) is 35.4 Å². The largest absolute Gasteiger partial charge is 0.465 e. The van der Waals surface area contributed by atoms with Gasteiger partial charge in [-0.25, -0.2) is 4.79 Å². The molecule has 2 atom stereocenters. The van der Waals surface area contributed by atoms with Crippen molar-refractivity contribution in [2.75, 3.05) is 13.1 Å². The number of piperidine rings is 1. The number of nitrogens with zero attached hydrogens (tertiary/aromatic N) is 2. The molecule has 0 aromatic heterocycles. The first-order valence-corrected chi connectivity index (χ1v) is 6.43. The first-order valence-electron chi connectivity index (χ1n) is 6.43. The summed E-state index contributed by atoms with van der Waals surface area (Å²) in [7, 11) is 0. The van der Waals surface area contributed by atoms with Gasteiger partial charge < -0.3 is 5.11 Å². The number of hydrogen-bond acceptors (Lipinski definition) is 2. The lowest BCUT2D eigenvalue weighted by Gasteiger charge is -2.55. The molecule has 3 saturated heterocycles. The van der Waals surface area contributed by atoms with Crippen LogP contribution in [-0.4, -0.2) is 46.2 Å². The smallest absolute Gasteiger partial charge is 0.407 e. The molecule has 18 heavy (non-hydrogen) atoms. The van der Waals surface area contributed by atoms with E-state index in [1.54, 1.807) is 4.90 Å². The highest BCUT2D eigenvalue weighted by Gasteiger charge is 2.47. The van der Waals surface area contributed by atoms with Gasteiger partial charge in [0.15, 0.2) is 0 Å². The van der Waals surface area contributed by atoms with E-state index >= 15 is 0 Å². The van der Waals surface area contributed by atoms with E-state index in [0.717, 1.165) is 26.1 Å². The number of rotatable bonds is 2. The fourth-order valence-electron chi connectivity index (χ4n) is 3.17. The molecule has 0 spiro atoms. The molecule has 0 aliphatic carbocycles. The van der Waals surface area contributed by atoms with Crippen LogP contribution in [0.5, 0.6) is 0 Å². The van der Waals surface area contributed by atoms with E-state index in [-0.39, 0.29) is 12.1 Å². The zero-order chi connectivity index (χ0) is 12.7. The van der Waals surface area contributed by atoms with Crippen molar-refractivity contribution in [3.63, 3.8) is 0 Å². The maximum absolute atomic E-state index is 11.0. The van der Waals surface area contributed by atoms with Gasteiger partial charge in [0.2, 0.25) is 0 Å². The van der Waals surface area contributed by atoms with Crippen molar-refractivity contribution >= 4 is 6.09 Å². The topological polar surface area (TPSA) is 43.8 Å². The summed E-state index contributed by atoms with van der Waals surface area (Å²) in [4.78, 5) is 15.0. The Hall–Kier alpha value is -1.55. The van der Waals surface area contributed by atoms with Crippen LogP contribution >= 0.6 is 0 Å². The van der Waals surface area contributed by atoms with Crippen molar-refractivity contribution in [1.82, 2.24) is 9.80 Å². The third-order valence-electron chi connectivity index (χ3n) is 4.14. The van der Waals surface area contributed by atoms with Crippen molar-refractivity contribution in [3.8, 4) is 0 Å². The molecule has 3 aliphatic rings. The average molecular weight is 246 g/mol. The van der Waals surface area contributed by atoms with Gasteiger partial charge in [0.25, 0.3) is 0 Å². The minimum absolute atomic E-state index is 0.213. The lowest BCUT2D eigenvalue weighted by molar-refractivity contribution is -0.0534. The Labute approximate surface area is 107 Å². The molecule has 1 amide bonds. The maximum Gasteiger partial charge on any atom is 0.407 e. The van der Waals surface area contributed by atoms with Crippen LogP contribution < -0.4 is 0 Å². The van der Waals surface area contributed by atoms with Crippen LogP contribution in [0.4, 0.5) is 4.79 Å². The molecule has 3 fully saturated rings. The summed E-state index contributed by atoms with van der Waals surface area (Å²) in [5.41, 5.74) is 2.66. The minimum atomic E-state index is -0.758. The molecular weight excluding hydrogens is 228 g/mol. The fraction of sp³-hybridized carbons (Fsp3) is 0.500.